The normalized spacial score (nSPS) is 10.5. The Morgan fingerprint density at radius 2 is 2.04 bits per heavy atom. The van der Waals surface area contributed by atoms with Crippen molar-refractivity contribution in [2.45, 2.75) is 0 Å². The molecule has 0 saturated carbocycles. The molecule has 3 aromatic rings. The van der Waals surface area contributed by atoms with Gasteiger partial charge in [0.1, 0.15) is 0 Å². The van der Waals surface area contributed by atoms with Crippen LogP contribution in [-0.2, 0) is 0 Å². The van der Waals surface area contributed by atoms with E-state index in [0.29, 0.717) is 11.3 Å². The van der Waals surface area contributed by atoms with E-state index in [1.807, 2.05) is 0 Å². The lowest BCUT2D eigenvalue weighted by Gasteiger charge is -2.03. The van der Waals surface area contributed by atoms with Crippen molar-refractivity contribution in [3.05, 3.63) is 53.8 Å². The van der Waals surface area contributed by atoms with Crippen LogP contribution in [0.5, 0.6) is 0 Å². The molecule has 1 aromatic heterocycles. The standard InChI is InChI=1S/C16H12FN3O3/c1-18-12-7-3-6-11(13(12)17)15-19-14(20-23-15)9-4-2-5-10(8-9)16(21)22/h2-8,18H,1H3,(H,21,22). The maximum Gasteiger partial charge on any atom is 0.335 e. The number of halogens is 1. The number of aromatic carboxylic acids is 1. The lowest BCUT2D eigenvalue weighted by Crippen LogP contribution is -1.96. The van der Waals surface area contributed by atoms with Crippen LogP contribution in [0.4, 0.5) is 10.1 Å². The fraction of sp³-hybridized carbons (Fsp3) is 0.0625. The lowest BCUT2D eigenvalue weighted by atomic mass is 10.1. The Balaban J connectivity index is 2.01. The zero-order valence-electron chi connectivity index (χ0n) is 12.1. The van der Waals surface area contributed by atoms with E-state index in [-0.39, 0.29) is 22.8 Å². The predicted octanol–water partition coefficient (Wildman–Crippen LogP) is 3.28. The molecule has 2 N–H and O–H groups in total. The molecule has 23 heavy (non-hydrogen) atoms. The minimum Gasteiger partial charge on any atom is -0.478 e. The molecule has 0 bridgehead atoms. The van der Waals surface area contributed by atoms with Crippen molar-refractivity contribution >= 4 is 11.7 Å². The van der Waals surface area contributed by atoms with Gasteiger partial charge in [-0.2, -0.15) is 4.98 Å². The number of anilines is 1. The van der Waals surface area contributed by atoms with Crippen LogP contribution < -0.4 is 5.32 Å². The summed E-state index contributed by atoms with van der Waals surface area (Å²) in [6.45, 7) is 0. The van der Waals surface area contributed by atoms with Gasteiger partial charge in [0, 0.05) is 12.6 Å². The van der Waals surface area contributed by atoms with Gasteiger partial charge in [0.15, 0.2) is 5.82 Å². The maximum absolute atomic E-state index is 14.3. The van der Waals surface area contributed by atoms with Crippen molar-refractivity contribution < 1.29 is 18.8 Å². The first-order valence-electron chi connectivity index (χ1n) is 6.74. The van der Waals surface area contributed by atoms with Crippen molar-refractivity contribution in [2.75, 3.05) is 12.4 Å². The third kappa shape index (κ3) is 2.76. The number of carbonyl (C=O) groups is 1. The fourth-order valence-electron chi connectivity index (χ4n) is 2.13. The van der Waals surface area contributed by atoms with E-state index in [1.54, 1.807) is 31.3 Å². The van der Waals surface area contributed by atoms with E-state index in [9.17, 15) is 9.18 Å². The highest BCUT2D eigenvalue weighted by Gasteiger charge is 2.17. The molecule has 0 atom stereocenters. The van der Waals surface area contributed by atoms with Crippen LogP contribution in [0.25, 0.3) is 22.8 Å². The summed E-state index contributed by atoms with van der Waals surface area (Å²) in [6.07, 6.45) is 0. The van der Waals surface area contributed by atoms with Crippen molar-refractivity contribution in [1.29, 1.82) is 0 Å². The van der Waals surface area contributed by atoms with Gasteiger partial charge in [0.25, 0.3) is 5.89 Å². The number of aromatic nitrogens is 2. The Morgan fingerprint density at radius 1 is 1.26 bits per heavy atom. The third-order valence-corrected chi connectivity index (χ3v) is 3.29. The molecular formula is C16H12FN3O3. The molecule has 0 fully saturated rings. The van der Waals surface area contributed by atoms with Gasteiger partial charge < -0.3 is 14.9 Å². The minimum atomic E-state index is -1.05. The van der Waals surface area contributed by atoms with Crippen LogP contribution in [0.15, 0.2) is 47.0 Å². The number of carboxylic acids is 1. The lowest BCUT2D eigenvalue weighted by molar-refractivity contribution is 0.0697. The molecule has 0 amide bonds. The highest BCUT2D eigenvalue weighted by atomic mass is 19.1. The number of hydrogen-bond donors (Lipinski definition) is 2. The van der Waals surface area contributed by atoms with Gasteiger partial charge in [-0.15, -0.1) is 0 Å². The second-order valence-electron chi connectivity index (χ2n) is 4.73. The molecule has 0 unspecified atom stereocenters. The molecule has 3 rings (SSSR count). The van der Waals surface area contributed by atoms with Gasteiger partial charge in [-0.1, -0.05) is 23.4 Å². The highest BCUT2D eigenvalue weighted by Crippen LogP contribution is 2.28. The molecule has 6 nitrogen and oxygen atoms in total. The molecule has 116 valence electrons. The smallest absolute Gasteiger partial charge is 0.335 e. The van der Waals surface area contributed by atoms with Gasteiger partial charge in [-0.05, 0) is 24.3 Å². The Morgan fingerprint density at radius 3 is 2.78 bits per heavy atom. The Bertz CT molecular complexity index is 877. The van der Waals surface area contributed by atoms with Gasteiger partial charge in [0.2, 0.25) is 5.82 Å². The van der Waals surface area contributed by atoms with Crippen molar-refractivity contribution in [2.24, 2.45) is 0 Å². The summed E-state index contributed by atoms with van der Waals surface area (Å²) in [5.41, 5.74) is 1.07. The second kappa shape index (κ2) is 5.88. The molecule has 0 aliphatic heterocycles. The summed E-state index contributed by atoms with van der Waals surface area (Å²) >= 11 is 0. The average molecular weight is 313 g/mol. The summed E-state index contributed by atoms with van der Waals surface area (Å²) in [5, 5.41) is 15.5. The third-order valence-electron chi connectivity index (χ3n) is 3.29. The van der Waals surface area contributed by atoms with Crippen LogP contribution in [0.2, 0.25) is 0 Å². The van der Waals surface area contributed by atoms with Crippen LogP contribution in [0.1, 0.15) is 10.4 Å². The first-order valence-corrected chi connectivity index (χ1v) is 6.74. The second-order valence-corrected chi connectivity index (χ2v) is 4.73. The zero-order valence-corrected chi connectivity index (χ0v) is 12.1. The first kappa shape index (κ1) is 14.7. The van der Waals surface area contributed by atoms with Gasteiger partial charge in [-0.3, -0.25) is 0 Å². The fourth-order valence-corrected chi connectivity index (χ4v) is 2.13. The minimum absolute atomic E-state index is 0.0235. The molecule has 2 aromatic carbocycles. The van der Waals surface area contributed by atoms with Crippen LogP contribution in [0, 0.1) is 5.82 Å². The predicted molar refractivity (Wildman–Crippen MR) is 81.6 cm³/mol. The molecule has 7 heteroatoms. The van der Waals surface area contributed by atoms with E-state index in [2.05, 4.69) is 15.5 Å². The van der Waals surface area contributed by atoms with E-state index in [1.165, 1.54) is 18.2 Å². The summed E-state index contributed by atoms with van der Waals surface area (Å²) in [4.78, 5) is 15.2. The largest absolute Gasteiger partial charge is 0.478 e. The average Bonchev–Trinajstić information content (AvgIpc) is 3.05. The number of carboxylic acid groups (broad SMARTS) is 1. The molecular weight excluding hydrogens is 301 g/mol. The number of hydrogen-bond acceptors (Lipinski definition) is 5. The SMILES string of the molecule is CNc1cccc(-c2nc(-c3cccc(C(=O)O)c3)no2)c1F. The van der Waals surface area contributed by atoms with Gasteiger partial charge in [-0.25, -0.2) is 9.18 Å². The maximum atomic E-state index is 14.3. The number of rotatable bonds is 4. The molecule has 0 saturated heterocycles. The first-order chi connectivity index (χ1) is 11.1. The van der Waals surface area contributed by atoms with Crippen molar-refractivity contribution in [1.82, 2.24) is 10.1 Å². The molecule has 0 aliphatic carbocycles. The summed E-state index contributed by atoms with van der Waals surface area (Å²) in [6, 6.07) is 10.9. The van der Waals surface area contributed by atoms with E-state index >= 15 is 0 Å². The van der Waals surface area contributed by atoms with Crippen LogP contribution in [0.3, 0.4) is 0 Å². The van der Waals surface area contributed by atoms with Gasteiger partial charge >= 0.3 is 5.97 Å². The summed E-state index contributed by atoms with van der Waals surface area (Å²) in [7, 11) is 1.61. The Hall–Kier alpha value is -3.22. The van der Waals surface area contributed by atoms with Crippen molar-refractivity contribution in [3.63, 3.8) is 0 Å². The quantitative estimate of drug-likeness (QED) is 0.768. The van der Waals surface area contributed by atoms with Crippen molar-refractivity contribution in [3.8, 4) is 22.8 Å². The molecule has 0 radical (unpaired) electrons. The zero-order chi connectivity index (χ0) is 16.4. The van der Waals surface area contributed by atoms with E-state index in [4.69, 9.17) is 9.63 Å². The molecule has 0 aliphatic rings. The number of nitrogens with one attached hydrogen (secondary N) is 1. The summed E-state index contributed by atoms with van der Waals surface area (Å²) < 4.78 is 19.4. The topological polar surface area (TPSA) is 88.2 Å². The molecule has 0 spiro atoms. The number of nitrogens with zero attached hydrogens (tertiary/aromatic N) is 2. The number of benzene rings is 2. The molecule has 1 heterocycles. The van der Waals surface area contributed by atoms with E-state index in [0.717, 1.165) is 0 Å². The monoisotopic (exact) mass is 313 g/mol. The van der Waals surface area contributed by atoms with Crippen LogP contribution >= 0.6 is 0 Å². The Labute approximate surface area is 130 Å². The van der Waals surface area contributed by atoms with E-state index < -0.39 is 11.8 Å². The van der Waals surface area contributed by atoms with Gasteiger partial charge in [0.05, 0.1) is 16.8 Å². The highest BCUT2D eigenvalue weighted by molar-refractivity contribution is 5.89. The summed E-state index contributed by atoms with van der Waals surface area (Å²) in [5.74, 6) is -1.33. The van der Waals surface area contributed by atoms with Crippen LogP contribution in [-0.4, -0.2) is 28.3 Å². The Kier molecular flexibility index (Phi) is 3.76.